The van der Waals surface area contributed by atoms with E-state index in [4.69, 9.17) is 10.5 Å². The molecule has 19 heavy (non-hydrogen) atoms. The molecule has 0 radical (unpaired) electrons. The lowest BCUT2D eigenvalue weighted by molar-refractivity contribution is -0.120. The molecule has 0 aromatic heterocycles. The zero-order valence-electron chi connectivity index (χ0n) is 11.0. The monoisotopic (exact) mass is 326 g/mol. The van der Waals surface area contributed by atoms with Gasteiger partial charge in [-0.3, -0.25) is 10.1 Å². The molecule has 5 heteroatoms. The van der Waals surface area contributed by atoms with Crippen LogP contribution in [0.3, 0.4) is 0 Å². The predicted octanol–water partition coefficient (Wildman–Crippen LogP) is 2.52. The molecule has 1 fully saturated rings. The molecule has 0 saturated heterocycles. The van der Waals surface area contributed by atoms with Crippen molar-refractivity contribution in [2.24, 2.45) is 5.73 Å². The fourth-order valence-corrected chi connectivity index (χ4v) is 2.96. The van der Waals surface area contributed by atoms with Gasteiger partial charge >= 0.3 is 0 Å². The summed E-state index contributed by atoms with van der Waals surface area (Å²) in [5.74, 6) is 0.306. The highest BCUT2D eigenvalue weighted by molar-refractivity contribution is 9.10. The van der Waals surface area contributed by atoms with Crippen molar-refractivity contribution in [2.45, 2.75) is 37.8 Å². The van der Waals surface area contributed by atoms with Gasteiger partial charge in [-0.25, -0.2) is 0 Å². The van der Waals surface area contributed by atoms with Gasteiger partial charge in [-0.1, -0.05) is 28.8 Å². The molecule has 104 valence electrons. The van der Waals surface area contributed by atoms with Crippen LogP contribution in [0.25, 0.3) is 0 Å². The number of halogens is 1. The van der Waals surface area contributed by atoms with E-state index in [1.165, 1.54) is 12.8 Å². The van der Waals surface area contributed by atoms with Gasteiger partial charge in [-0.2, -0.15) is 0 Å². The van der Waals surface area contributed by atoms with Crippen LogP contribution in [0.1, 0.15) is 37.3 Å². The fraction of sp³-hybridized carbons (Fsp3) is 0.500. The Kier molecular flexibility index (Phi) is 4.82. The number of nitrogens with two attached hydrogens (primary N) is 1. The lowest BCUT2D eigenvalue weighted by Crippen LogP contribution is -2.39. The van der Waals surface area contributed by atoms with Crippen LogP contribution in [0.5, 0.6) is 5.75 Å². The number of methoxy groups -OCH3 is 1. The molecule has 0 spiro atoms. The minimum absolute atomic E-state index is 0.362. The second-order valence-corrected chi connectivity index (χ2v) is 5.79. The minimum Gasteiger partial charge on any atom is -0.496 e. The van der Waals surface area contributed by atoms with Crippen molar-refractivity contribution in [2.75, 3.05) is 7.11 Å². The van der Waals surface area contributed by atoms with E-state index in [-0.39, 0.29) is 5.91 Å². The van der Waals surface area contributed by atoms with Crippen LogP contribution in [-0.4, -0.2) is 19.1 Å². The third-order valence-corrected chi connectivity index (χ3v) is 4.04. The summed E-state index contributed by atoms with van der Waals surface area (Å²) in [6, 6.07) is 5.47. The molecular weight excluding hydrogens is 308 g/mol. The smallest absolute Gasteiger partial charge is 0.239 e. The van der Waals surface area contributed by atoms with E-state index in [0.29, 0.717) is 11.8 Å². The standard InChI is InChI=1S/C14H19BrN2O2/c1-19-12-7-6-9(15)8-11(12)13(14(16)18)17-10-4-2-3-5-10/h6-8,10,13,17H,2-5H2,1H3,(H2,16,18). The van der Waals surface area contributed by atoms with Crippen LogP contribution in [-0.2, 0) is 4.79 Å². The Labute approximate surface area is 121 Å². The minimum atomic E-state index is -0.504. The maximum absolute atomic E-state index is 11.8. The predicted molar refractivity (Wildman–Crippen MR) is 78.0 cm³/mol. The Morgan fingerprint density at radius 1 is 1.47 bits per heavy atom. The van der Waals surface area contributed by atoms with Gasteiger partial charge in [0.1, 0.15) is 11.8 Å². The van der Waals surface area contributed by atoms with Crippen LogP contribution in [0.4, 0.5) is 0 Å². The number of carbonyl (C=O) groups excluding carboxylic acids is 1. The first kappa shape index (κ1) is 14.3. The van der Waals surface area contributed by atoms with E-state index in [0.717, 1.165) is 22.9 Å². The summed E-state index contributed by atoms with van der Waals surface area (Å²) >= 11 is 3.42. The van der Waals surface area contributed by atoms with Crippen molar-refractivity contribution < 1.29 is 9.53 Å². The molecule has 1 aliphatic carbocycles. The highest BCUT2D eigenvalue weighted by Gasteiger charge is 2.26. The highest BCUT2D eigenvalue weighted by atomic mass is 79.9. The number of primary amides is 1. The summed E-state index contributed by atoms with van der Waals surface area (Å²) in [6.45, 7) is 0. The summed E-state index contributed by atoms with van der Waals surface area (Å²) in [5.41, 5.74) is 6.34. The zero-order chi connectivity index (χ0) is 13.8. The Hall–Kier alpha value is -1.07. The average molecular weight is 327 g/mol. The van der Waals surface area contributed by atoms with Crippen LogP contribution in [0, 0.1) is 0 Å². The topological polar surface area (TPSA) is 64.3 Å². The first-order valence-corrected chi connectivity index (χ1v) is 7.30. The molecule has 1 unspecified atom stereocenters. The number of hydrogen-bond acceptors (Lipinski definition) is 3. The molecular formula is C14H19BrN2O2. The number of carbonyl (C=O) groups is 1. The van der Waals surface area contributed by atoms with Gasteiger partial charge in [-0.15, -0.1) is 0 Å². The maximum Gasteiger partial charge on any atom is 0.239 e. The first-order chi connectivity index (χ1) is 9.11. The molecule has 2 rings (SSSR count). The first-order valence-electron chi connectivity index (χ1n) is 6.50. The van der Waals surface area contributed by atoms with Crippen molar-refractivity contribution in [3.8, 4) is 5.75 Å². The largest absolute Gasteiger partial charge is 0.496 e. The molecule has 0 aliphatic heterocycles. The number of rotatable bonds is 5. The quantitative estimate of drug-likeness (QED) is 0.873. The Balaban J connectivity index is 2.27. The molecule has 1 amide bonds. The van der Waals surface area contributed by atoms with Crippen molar-refractivity contribution in [1.29, 1.82) is 0 Å². The van der Waals surface area contributed by atoms with Crippen LogP contribution in [0.15, 0.2) is 22.7 Å². The van der Waals surface area contributed by atoms with Crippen molar-refractivity contribution >= 4 is 21.8 Å². The second kappa shape index (κ2) is 6.39. The zero-order valence-corrected chi connectivity index (χ0v) is 12.6. The Bertz CT molecular complexity index is 459. The summed E-state index contributed by atoms with van der Waals surface area (Å²) in [5, 5.41) is 3.36. The molecule has 0 heterocycles. The lowest BCUT2D eigenvalue weighted by Gasteiger charge is -2.22. The number of amides is 1. The van der Waals surface area contributed by atoms with E-state index < -0.39 is 6.04 Å². The number of hydrogen-bond donors (Lipinski definition) is 2. The summed E-state index contributed by atoms with van der Waals surface area (Å²) in [6.07, 6.45) is 4.61. The van der Waals surface area contributed by atoms with E-state index in [1.807, 2.05) is 18.2 Å². The number of ether oxygens (including phenoxy) is 1. The van der Waals surface area contributed by atoms with Crippen LogP contribution >= 0.6 is 15.9 Å². The normalized spacial score (nSPS) is 17.4. The summed E-state index contributed by atoms with van der Waals surface area (Å²) in [7, 11) is 1.60. The van der Waals surface area contributed by atoms with E-state index in [9.17, 15) is 4.79 Å². The second-order valence-electron chi connectivity index (χ2n) is 4.87. The summed E-state index contributed by atoms with van der Waals surface area (Å²) < 4.78 is 6.23. The molecule has 3 N–H and O–H groups in total. The number of nitrogens with one attached hydrogen (secondary N) is 1. The average Bonchev–Trinajstić information content (AvgIpc) is 2.88. The van der Waals surface area contributed by atoms with Crippen molar-refractivity contribution in [1.82, 2.24) is 5.32 Å². The molecule has 1 aromatic rings. The Morgan fingerprint density at radius 2 is 2.16 bits per heavy atom. The van der Waals surface area contributed by atoms with Gasteiger partial charge in [0.25, 0.3) is 0 Å². The van der Waals surface area contributed by atoms with Gasteiger partial charge in [0.15, 0.2) is 0 Å². The van der Waals surface area contributed by atoms with E-state index in [1.54, 1.807) is 7.11 Å². The molecule has 1 saturated carbocycles. The maximum atomic E-state index is 11.8. The van der Waals surface area contributed by atoms with Crippen molar-refractivity contribution in [3.63, 3.8) is 0 Å². The molecule has 1 aliphatic rings. The van der Waals surface area contributed by atoms with Crippen LogP contribution < -0.4 is 15.8 Å². The molecule has 1 atom stereocenters. The van der Waals surface area contributed by atoms with Gasteiger partial charge < -0.3 is 10.5 Å². The van der Waals surface area contributed by atoms with E-state index >= 15 is 0 Å². The third-order valence-electron chi connectivity index (χ3n) is 3.54. The van der Waals surface area contributed by atoms with Gasteiger partial charge in [0, 0.05) is 16.1 Å². The SMILES string of the molecule is COc1ccc(Br)cc1C(NC1CCCC1)C(N)=O. The lowest BCUT2D eigenvalue weighted by atomic mass is 10.0. The van der Waals surface area contributed by atoms with Gasteiger partial charge in [0.2, 0.25) is 5.91 Å². The van der Waals surface area contributed by atoms with Crippen LogP contribution in [0.2, 0.25) is 0 Å². The van der Waals surface area contributed by atoms with Gasteiger partial charge in [0.05, 0.1) is 7.11 Å². The fourth-order valence-electron chi connectivity index (χ4n) is 2.58. The highest BCUT2D eigenvalue weighted by Crippen LogP contribution is 2.30. The van der Waals surface area contributed by atoms with E-state index in [2.05, 4.69) is 21.2 Å². The Morgan fingerprint density at radius 3 is 2.74 bits per heavy atom. The molecule has 0 bridgehead atoms. The number of benzene rings is 1. The van der Waals surface area contributed by atoms with Crippen molar-refractivity contribution in [3.05, 3.63) is 28.2 Å². The summed E-state index contributed by atoms with van der Waals surface area (Å²) in [4.78, 5) is 11.8. The van der Waals surface area contributed by atoms with Gasteiger partial charge in [-0.05, 0) is 31.0 Å². The third kappa shape index (κ3) is 3.48. The molecule has 4 nitrogen and oxygen atoms in total. The molecule has 1 aromatic carbocycles.